The highest BCUT2D eigenvalue weighted by molar-refractivity contribution is 9.10. The summed E-state index contributed by atoms with van der Waals surface area (Å²) < 4.78 is 1.24. The monoisotopic (exact) mass is 348 g/mol. The van der Waals surface area contributed by atoms with Gasteiger partial charge in [-0.3, -0.25) is 0 Å². The normalized spacial score (nSPS) is 19.7. The van der Waals surface area contributed by atoms with Gasteiger partial charge >= 0.3 is 0 Å². The van der Waals surface area contributed by atoms with Crippen LogP contribution in [-0.4, -0.2) is 0 Å². The van der Waals surface area contributed by atoms with Crippen LogP contribution in [0.4, 0.5) is 0 Å². The Balaban J connectivity index is 2.42. The van der Waals surface area contributed by atoms with Gasteiger partial charge in [-0.25, -0.2) is 0 Å². The number of hydrogen-bond acceptors (Lipinski definition) is 0. The van der Waals surface area contributed by atoms with Crippen LogP contribution in [0.15, 0.2) is 22.7 Å². The lowest BCUT2D eigenvalue weighted by Crippen LogP contribution is -2.33. The molecule has 1 aliphatic rings. The van der Waals surface area contributed by atoms with Crippen LogP contribution >= 0.6 is 15.9 Å². The molecule has 0 saturated carbocycles. The first kappa shape index (κ1) is 16.8. The van der Waals surface area contributed by atoms with Crippen molar-refractivity contribution in [3.63, 3.8) is 0 Å². The molecule has 21 heavy (non-hydrogen) atoms. The van der Waals surface area contributed by atoms with Gasteiger partial charge in [0.25, 0.3) is 0 Å². The first-order chi connectivity index (χ1) is 9.78. The molecule has 2 rings (SSSR count). The lowest BCUT2D eigenvalue weighted by Gasteiger charge is -2.42. The van der Waals surface area contributed by atoms with Crippen molar-refractivity contribution in [2.45, 2.75) is 77.6 Å². The predicted molar refractivity (Wildman–Crippen MR) is 98.0 cm³/mol. The van der Waals surface area contributed by atoms with Crippen molar-refractivity contribution < 1.29 is 0 Å². The summed E-state index contributed by atoms with van der Waals surface area (Å²) >= 11 is 3.78. The third-order valence-electron chi connectivity index (χ3n) is 4.99. The molecule has 1 heteroatoms. The Kier molecular flexibility index (Phi) is 5.03. The Labute approximate surface area is 139 Å². The maximum Gasteiger partial charge on any atom is 0.0250 e. The fourth-order valence-electron chi connectivity index (χ4n) is 3.26. The van der Waals surface area contributed by atoms with E-state index in [1.54, 1.807) is 0 Å². The lowest BCUT2D eigenvalue weighted by atomic mass is 9.63. The van der Waals surface area contributed by atoms with Crippen molar-refractivity contribution in [1.29, 1.82) is 0 Å². The Morgan fingerprint density at radius 1 is 1.05 bits per heavy atom. The molecule has 0 radical (unpaired) electrons. The fraction of sp³-hybridized carbons (Fsp3) is 0.600. The maximum absolute atomic E-state index is 3.78. The number of rotatable bonds is 4. The topological polar surface area (TPSA) is 0 Å². The van der Waals surface area contributed by atoms with Crippen LogP contribution in [0, 0.1) is 0 Å². The van der Waals surface area contributed by atoms with Gasteiger partial charge in [0, 0.05) is 4.47 Å². The van der Waals surface area contributed by atoms with E-state index in [0.29, 0.717) is 0 Å². The van der Waals surface area contributed by atoms with Crippen molar-refractivity contribution in [3.8, 4) is 0 Å². The van der Waals surface area contributed by atoms with Crippen LogP contribution in [-0.2, 0) is 10.8 Å². The van der Waals surface area contributed by atoms with Crippen molar-refractivity contribution in [2.24, 2.45) is 0 Å². The van der Waals surface area contributed by atoms with E-state index in [4.69, 9.17) is 0 Å². The molecule has 1 aliphatic carbocycles. The number of allylic oxidation sites excluding steroid dienone is 1. The minimum atomic E-state index is 0.289. The summed E-state index contributed by atoms with van der Waals surface area (Å²) in [5, 5.41) is 0. The molecule has 0 amide bonds. The lowest BCUT2D eigenvalue weighted by molar-refractivity contribution is 0.331. The Morgan fingerprint density at radius 2 is 1.62 bits per heavy atom. The van der Waals surface area contributed by atoms with Gasteiger partial charge in [0.15, 0.2) is 0 Å². The first-order valence-electron chi connectivity index (χ1n) is 8.29. The molecule has 0 unspecified atom stereocenters. The predicted octanol–water partition coefficient (Wildman–Crippen LogP) is 7.00. The molecule has 0 aromatic heterocycles. The summed E-state index contributed by atoms with van der Waals surface area (Å²) in [5.74, 6) is 0. The third kappa shape index (κ3) is 3.62. The highest BCUT2D eigenvalue weighted by atomic mass is 79.9. The molecule has 1 aromatic rings. The van der Waals surface area contributed by atoms with Gasteiger partial charge in [-0.1, -0.05) is 75.5 Å². The highest BCUT2D eigenvalue weighted by Gasteiger charge is 2.37. The summed E-state index contributed by atoms with van der Waals surface area (Å²) in [6.07, 6.45) is 10.9. The van der Waals surface area contributed by atoms with Gasteiger partial charge in [0.1, 0.15) is 0 Å². The number of halogens is 1. The second-order valence-electron chi connectivity index (χ2n) is 7.73. The van der Waals surface area contributed by atoms with E-state index in [0.717, 1.165) is 0 Å². The maximum atomic E-state index is 3.78. The van der Waals surface area contributed by atoms with Crippen molar-refractivity contribution in [1.82, 2.24) is 0 Å². The summed E-state index contributed by atoms with van der Waals surface area (Å²) in [5.41, 5.74) is 4.97. The molecule has 0 spiro atoms. The summed E-state index contributed by atoms with van der Waals surface area (Å²) in [4.78, 5) is 0. The molecular formula is C20H29Br. The number of hydrogen-bond donors (Lipinski definition) is 0. The van der Waals surface area contributed by atoms with E-state index in [1.165, 1.54) is 53.3 Å². The molecule has 0 saturated heterocycles. The van der Waals surface area contributed by atoms with Crippen molar-refractivity contribution in [2.75, 3.05) is 0 Å². The van der Waals surface area contributed by atoms with Gasteiger partial charge in [0.05, 0.1) is 0 Å². The second-order valence-corrected chi connectivity index (χ2v) is 8.59. The van der Waals surface area contributed by atoms with E-state index < -0.39 is 0 Å². The zero-order chi connectivity index (χ0) is 15.7. The fourth-order valence-corrected chi connectivity index (χ4v) is 3.74. The minimum absolute atomic E-state index is 0.289. The number of unbranched alkanes of at least 4 members (excludes halogenated alkanes) is 2. The van der Waals surface area contributed by atoms with Crippen LogP contribution in [0.2, 0.25) is 0 Å². The Bertz CT molecular complexity index is 535. The van der Waals surface area contributed by atoms with E-state index >= 15 is 0 Å². The van der Waals surface area contributed by atoms with Crippen molar-refractivity contribution in [3.05, 3.63) is 39.4 Å². The molecule has 0 nitrogen and oxygen atoms in total. The summed E-state index contributed by atoms with van der Waals surface area (Å²) in [6, 6.07) is 4.79. The van der Waals surface area contributed by atoms with Crippen LogP contribution in [0.5, 0.6) is 0 Å². The van der Waals surface area contributed by atoms with Crippen LogP contribution < -0.4 is 0 Å². The molecule has 0 N–H and O–H groups in total. The quantitative estimate of drug-likeness (QED) is 0.513. The van der Waals surface area contributed by atoms with Crippen molar-refractivity contribution >= 4 is 22.0 Å². The molecular weight excluding hydrogens is 320 g/mol. The smallest absolute Gasteiger partial charge is 0.0250 e. The highest BCUT2D eigenvalue weighted by Crippen LogP contribution is 2.47. The van der Waals surface area contributed by atoms with Crippen LogP contribution in [0.1, 0.15) is 83.4 Å². The zero-order valence-electron chi connectivity index (χ0n) is 14.2. The molecule has 0 heterocycles. The van der Waals surface area contributed by atoms with Gasteiger partial charge in [-0.05, 0) is 58.9 Å². The molecule has 0 atom stereocenters. The zero-order valence-corrected chi connectivity index (χ0v) is 15.8. The average molecular weight is 349 g/mol. The van der Waals surface area contributed by atoms with Gasteiger partial charge in [-0.2, -0.15) is 0 Å². The summed E-state index contributed by atoms with van der Waals surface area (Å²) in [7, 11) is 0. The van der Waals surface area contributed by atoms with Gasteiger partial charge < -0.3 is 0 Å². The SMILES string of the molecule is CCCCC=Cc1cc2c(cc1Br)C(C)(C)CCC2(C)C. The second kappa shape index (κ2) is 6.28. The molecule has 0 bridgehead atoms. The first-order valence-corrected chi connectivity index (χ1v) is 9.08. The number of benzene rings is 1. The summed E-state index contributed by atoms with van der Waals surface area (Å²) in [6.45, 7) is 11.8. The van der Waals surface area contributed by atoms with Gasteiger partial charge in [-0.15, -0.1) is 0 Å². The van der Waals surface area contributed by atoms with Gasteiger partial charge in [0.2, 0.25) is 0 Å². The Morgan fingerprint density at radius 3 is 2.19 bits per heavy atom. The molecule has 116 valence electrons. The molecule has 1 aromatic carbocycles. The Hall–Kier alpha value is -0.560. The van der Waals surface area contributed by atoms with E-state index in [-0.39, 0.29) is 10.8 Å². The molecule has 0 fully saturated rings. The standard InChI is InChI=1S/C20H29Br/c1-6-7-8-9-10-15-13-16-17(14-18(15)21)20(4,5)12-11-19(16,2)3/h9-10,13-14H,6-8,11-12H2,1-5H3. The molecule has 0 aliphatic heterocycles. The minimum Gasteiger partial charge on any atom is -0.0839 e. The third-order valence-corrected chi connectivity index (χ3v) is 5.68. The van der Waals surface area contributed by atoms with E-state index in [1.807, 2.05) is 0 Å². The van der Waals surface area contributed by atoms with Crippen LogP contribution in [0.3, 0.4) is 0 Å². The van der Waals surface area contributed by atoms with E-state index in [2.05, 4.69) is 74.8 Å². The average Bonchev–Trinajstić information content (AvgIpc) is 2.41. The largest absolute Gasteiger partial charge is 0.0839 e. The number of fused-ring (bicyclic) bond motifs is 1. The van der Waals surface area contributed by atoms with Crippen LogP contribution in [0.25, 0.3) is 6.08 Å². The van der Waals surface area contributed by atoms with E-state index in [9.17, 15) is 0 Å².